The minimum atomic E-state index is -0.224. The molecule has 0 aliphatic carbocycles. The predicted molar refractivity (Wildman–Crippen MR) is 77.0 cm³/mol. The van der Waals surface area contributed by atoms with Gasteiger partial charge in [0.1, 0.15) is 0 Å². The molecule has 3 heteroatoms. The van der Waals surface area contributed by atoms with Crippen LogP contribution in [0.5, 0.6) is 0 Å². The number of benzene rings is 2. The van der Waals surface area contributed by atoms with Crippen molar-refractivity contribution in [2.24, 2.45) is 10.9 Å². The molecule has 0 spiro atoms. The number of hydrogen-bond donors (Lipinski definition) is 1. The Hall–Kier alpha value is -2.42. The molecular weight excluding hydrogens is 236 g/mol. The number of nitrogens with zero attached hydrogens (tertiary/aromatic N) is 1. The summed E-state index contributed by atoms with van der Waals surface area (Å²) in [5.41, 5.74) is 9.50. The molecular formula is C16H14N2O. The van der Waals surface area contributed by atoms with E-state index in [2.05, 4.69) is 4.99 Å². The highest BCUT2D eigenvalue weighted by atomic mass is 16.1. The zero-order chi connectivity index (χ0) is 13.4. The molecule has 0 amide bonds. The second-order valence-corrected chi connectivity index (χ2v) is 4.73. The zero-order valence-corrected chi connectivity index (χ0v) is 10.6. The molecule has 0 aromatic heterocycles. The van der Waals surface area contributed by atoms with Gasteiger partial charge in [0.2, 0.25) is 0 Å². The van der Waals surface area contributed by atoms with Gasteiger partial charge in [0, 0.05) is 11.3 Å². The maximum absolute atomic E-state index is 12.4. The molecule has 2 aromatic carbocycles. The number of ketones is 1. The fraction of sp³-hybridized carbons (Fsp3) is 0.125. The van der Waals surface area contributed by atoms with E-state index in [0.717, 1.165) is 11.3 Å². The fourth-order valence-corrected chi connectivity index (χ4v) is 2.36. The lowest BCUT2D eigenvalue weighted by atomic mass is 9.87. The first-order chi connectivity index (χ1) is 9.16. The number of hydrogen-bond acceptors (Lipinski definition) is 3. The van der Waals surface area contributed by atoms with Gasteiger partial charge in [-0.25, -0.2) is 0 Å². The molecule has 3 nitrogen and oxygen atoms in total. The van der Waals surface area contributed by atoms with Crippen LogP contribution in [0, 0.1) is 5.92 Å². The molecule has 1 unspecified atom stereocenters. The van der Waals surface area contributed by atoms with E-state index in [0.29, 0.717) is 16.9 Å². The van der Waals surface area contributed by atoms with Gasteiger partial charge in [-0.3, -0.25) is 9.79 Å². The lowest BCUT2D eigenvalue weighted by molar-refractivity contribution is 0.0960. The Morgan fingerprint density at radius 1 is 1.11 bits per heavy atom. The molecule has 0 saturated carbocycles. The van der Waals surface area contributed by atoms with Gasteiger partial charge in [-0.1, -0.05) is 30.3 Å². The van der Waals surface area contributed by atoms with Crippen LogP contribution >= 0.6 is 0 Å². The molecule has 94 valence electrons. The Morgan fingerprint density at radius 2 is 1.84 bits per heavy atom. The van der Waals surface area contributed by atoms with Crippen molar-refractivity contribution in [1.29, 1.82) is 0 Å². The average molecular weight is 250 g/mol. The summed E-state index contributed by atoms with van der Waals surface area (Å²) in [4.78, 5) is 17.0. The SMILES string of the molecule is CC1C(=O)c2ccc(N)cc2N=C1c1ccccc1. The smallest absolute Gasteiger partial charge is 0.173 e. The first-order valence-electron chi connectivity index (χ1n) is 6.24. The third-order valence-electron chi connectivity index (χ3n) is 3.40. The summed E-state index contributed by atoms with van der Waals surface area (Å²) in [6, 6.07) is 15.0. The second kappa shape index (κ2) is 4.35. The predicted octanol–water partition coefficient (Wildman–Crippen LogP) is 3.22. The van der Waals surface area contributed by atoms with E-state index in [9.17, 15) is 4.79 Å². The Labute approximate surface area is 111 Å². The molecule has 19 heavy (non-hydrogen) atoms. The monoisotopic (exact) mass is 250 g/mol. The van der Waals surface area contributed by atoms with E-state index in [1.807, 2.05) is 37.3 Å². The zero-order valence-electron chi connectivity index (χ0n) is 10.6. The van der Waals surface area contributed by atoms with Crippen molar-refractivity contribution in [3.63, 3.8) is 0 Å². The van der Waals surface area contributed by atoms with Crippen LogP contribution in [0.2, 0.25) is 0 Å². The van der Waals surface area contributed by atoms with E-state index in [1.54, 1.807) is 18.2 Å². The summed E-state index contributed by atoms with van der Waals surface area (Å²) in [7, 11) is 0. The van der Waals surface area contributed by atoms with Crippen LogP contribution in [-0.2, 0) is 0 Å². The Kier molecular flexibility index (Phi) is 2.67. The van der Waals surface area contributed by atoms with Crippen LogP contribution in [-0.4, -0.2) is 11.5 Å². The van der Waals surface area contributed by atoms with E-state index >= 15 is 0 Å². The Morgan fingerprint density at radius 3 is 2.58 bits per heavy atom. The third kappa shape index (κ3) is 1.93. The molecule has 2 aromatic rings. The number of carbonyl (C=O) groups excluding carboxylic acids is 1. The topological polar surface area (TPSA) is 55.5 Å². The number of anilines is 1. The van der Waals surface area contributed by atoms with Gasteiger partial charge in [-0.05, 0) is 30.7 Å². The van der Waals surface area contributed by atoms with Crippen molar-refractivity contribution < 1.29 is 4.79 Å². The first kappa shape index (κ1) is 11.7. The van der Waals surface area contributed by atoms with Crippen LogP contribution in [0.15, 0.2) is 53.5 Å². The van der Waals surface area contributed by atoms with Gasteiger partial charge in [-0.2, -0.15) is 0 Å². The van der Waals surface area contributed by atoms with Gasteiger partial charge in [0.25, 0.3) is 0 Å². The highest BCUT2D eigenvalue weighted by molar-refractivity contribution is 6.22. The van der Waals surface area contributed by atoms with Crippen molar-refractivity contribution in [1.82, 2.24) is 0 Å². The molecule has 3 rings (SSSR count). The average Bonchev–Trinajstić information content (AvgIpc) is 2.43. The summed E-state index contributed by atoms with van der Waals surface area (Å²) in [6.45, 7) is 1.90. The number of aliphatic imine (C=N–C) groups is 1. The maximum Gasteiger partial charge on any atom is 0.173 e. The Balaban J connectivity index is 2.19. The summed E-state index contributed by atoms with van der Waals surface area (Å²) >= 11 is 0. The molecule has 1 heterocycles. The summed E-state index contributed by atoms with van der Waals surface area (Å²) in [5, 5.41) is 0. The summed E-state index contributed by atoms with van der Waals surface area (Å²) < 4.78 is 0. The third-order valence-corrected chi connectivity index (χ3v) is 3.40. The van der Waals surface area contributed by atoms with Crippen LogP contribution in [0.3, 0.4) is 0 Å². The molecule has 2 N–H and O–H groups in total. The van der Waals surface area contributed by atoms with E-state index < -0.39 is 0 Å². The molecule has 1 aliphatic rings. The van der Waals surface area contributed by atoms with E-state index in [1.165, 1.54) is 0 Å². The van der Waals surface area contributed by atoms with Gasteiger partial charge in [-0.15, -0.1) is 0 Å². The van der Waals surface area contributed by atoms with Crippen molar-refractivity contribution in [3.05, 3.63) is 59.7 Å². The van der Waals surface area contributed by atoms with Gasteiger partial charge < -0.3 is 5.73 Å². The van der Waals surface area contributed by atoms with Crippen molar-refractivity contribution >= 4 is 22.9 Å². The highest BCUT2D eigenvalue weighted by Gasteiger charge is 2.28. The van der Waals surface area contributed by atoms with Gasteiger partial charge in [0.05, 0.1) is 17.3 Å². The minimum absolute atomic E-state index is 0.101. The molecule has 0 bridgehead atoms. The maximum atomic E-state index is 12.4. The molecule has 0 saturated heterocycles. The van der Waals surface area contributed by atoms with Gasteiger partial charge in [0.15, 0.2) is 5.78 Å². The van der Waals surface area contributed by atoms with Crippen LogP contribution < -0.4 is 5.73 Å². The summed E-state index contributed by atoms with van der Waals surface area (Å²) in [5.74, 6) is -0.123. The lowest BCUT2D eigenvalue weighted by Gasteiger charge is -2.21. The molecule has 0 fully saturated rings. The van der Waals surface area contributed by atoms with Crippen LogP contribution in [0.1, 0.15) is 22.8 Å². The largest absolute Gasteiger partial charge is 0.399 e. The normalized spacial score (nSPS) is 17.8. The quantitative estimate of drug-likeness (QED) is 0.790. The van der Waals surface area contributed by atoms with Crippen molar-refractivity contribution in [2.75, 3.05) is 5.73 Å². The highest BCUT2D eigenvalue weighted by Crippen LogP contribution is 2.32. The van der Waals surface area contributed by atoms with Crippen LogP contribution in [0.4, 0.5) is 11.4 Å². The lowest BCUT2D eigenvalue weighted by Crippen LogP contribution is -2.25. The van der Waals surface area contributed by atoms with Crippen molar-refractivity contribution in [3.8, 4) is 0 Å². The van der Waals surface area contributed by atoms with E-state index in [4.69, 9.17) is 5.73 Å². The van der Waals surface area contributed by atoms with Crippen LogP contribution in [0.25, 0.3) is 0 Å². The number of nitrogens with two attached hydrogens (primary N) is 1. The first-order valence-corrected chi connectivity index (χ1v) is 6.24. The summed E-state index contributed by atoms with van der Waals surface area (Å²) in [6.07, 6.45) is 0. The molecule has 1 atom stereocenters. The standard InChI is InChI=1S/C16H14N2O/c1-10-15(11-5-3-2-4-6-11)18-14-9-12(17)7-8-13(14)16(10)19/h2-10H,17H2,1H3. The number of Topliss-reactive ketones (excluding diaryl/α,β-unsaturated/α-hetero) is 1. The number of nitrogen functional groups attached to an aromatic ring is 1. The molecule has 1 aliphatic heterocycles. The molecule has 0 radical (unpaired) electrons. The number of carbonyl (C=O) groups is 1. The van der Waals surface area contributed by atoms with Gasteiger partial charge >= 0.3 is 0 Å². The Bertz CT molecular complexity index is 674. The number of fused-ring (bicyclic) bond motifs is 1. The minimum Gasteiger partial charge on any atom is -0.399 e. The van der Waals surface area contributed by atoms with Crippen molar-refractivity contribution in [2.45, 2.75) is 6.92 Å². The number of rotatable bonds is 1. The van der Waals surface area contributed by atoms with E-state index in [-0.39, 0.29) is 11.7 Å². The second-order valence-electron chi connectivity index (χ2n) is 4.73. The fourth-order valence-electron chi connectivity index (χ4n) is 2.36.